The number of carbonyl (C=O) groups excluding carboxylic acids is 1. The van der Waals surface area contributed by atoms with Crippen LogP contribution in [0.15, 0.2) is 36.9 Å². The van der Waals surface area contributed by atoms with Crippen LogP contribution in [0, 0.1) is 0 Å². The Kier molecular flexibility index (Phi) is 4.97. The number of likely N-dealkylation sites (tertiary alicyclic amines) is 1. The van der Waals surface area contributed by atoms with Gasteiger partial charge in [0.25, 0.3) is 5.91 Å². The number of nitrogens with zero attached hydrogens (tertiary/aromatic N) is 4. The van der Waals surface area contributed by atoms with Crippen molar-refractivity contribution in [1.82, 2.24) is 24.8 Å². The van der Waals surface area contributed by atoms with Crippen molar-refractivity contribution in [1.29, 1.82) is 0 Å². The third-order valence-electron chi connectivity index (χ3n) is 5.37. The molecule has 7 heteroatoms. The van der Waals surface area contributed by atoms with Crippen LogP contribution < -0.4 is 5.32 Å². The predicted molar refractivity (Wildman–Crippen MR) is 101 cm³/mol. The molecule has 2 aromatic heterocycles. The summed E-state index contributed by atoms with van der Waals surface area (Å²) in [6.07, 6.45) is 8.67. The van der Waals surface area contributed by atoms with Crippen molar-refractivity contribution in [3.05, 3.63) is 48.3 Å². The van der Waals surface area contributed by atoms with E-state index in [9.17, 15) is 4.79 Å². The fourth-order valence-electron chi connectivity index (χ4n) is 4.07. The largest absolute Gasteiger partial charge is 0.352 e. The molecule has 1 spiro atoms. The van der Waals surface area contributed by atoms with Crippen molar-refractivity contribution in [3.63, 3.8) is 0 Å². The number of amides is 1. The number of rotatable bonds is 4. The summed E-state index contributed by atoms with van der Waals surface area (Å²) in [5.41, 5.74) is 0.736. The Morgan fingerprint density at radius 1 is 1.37 bits per heavy atom. The molecule has 0 aliphatic carbocycles. The minimum Gasteiger partial charge on any atom is -0.352 e. The molecule has 4 heterocycles. The molecule has 1 N–H and O–H groups in total. The summed E-state index contributed by atoms with van der Waals surface area (Å²) in [6, 6.07) is 4.18. The number of fused-ring (bicyclic) bond motifs is 2. The van der Waals surface area contributed by atoms with E-state index in [4.69, 9.17) is 4.74 Å². The molecule has 144 valence electrons. The number of imidazole rings is 1. The van der Waals surface area contributed by atoms with Gasteiger partial charge in [0.05, 0.1) is 6.54 Å². The number of ether oxygens (including phenoxy) is 1. The van der Waals surface area contributed by atoms with E-state index < -0.39 is 11.7 Å². The summed E-state index contributed by atoms with van der Waals surface area (Å²) >= 11 is 0. The fourth-order valence-corrected chi connectivity index (χ4v) is 4.07. The summed E-state index contributed by atoms with van der Waals surface area (Å²) in [5, 5.41) is 2.98. The summed E-state index contributed by atoms with van der Waals surface area (Å²) < 4.78 is 8.51. The van der Waals surface area contributed by atoms with Gasteiger partial charge in [0.1, 0.15) is 11.4 Å². The van der Waals surface area contributed by atoms with Gasteiger partial charge in [-0.15, -0.1) is 0 Å². The van der Waals surface area contributed by atoms with Crippen molar-refractivity contribution >= 4 is 5.91 Å². The Morgan fingerprint density at radius 3 is 2.89 bits per heavy atom. The molecule has 1 saturated heterocycles. The molecule has 27 heavy (non-hydrogen) atoms. The Morgan fingerprint density at radius 2 is 2.19 bits per heavy atom. The summed E-state index contributed by atoms with van der Waals surface area (Å²) in [5.74, 6) is 0.915. The van der Waals surface area contributed by atoms with E-state index in [1.165, 1.54) is 5.56 Å². The number of hydrogen-bond acceptors (Lipinski definition) is 5. The molecule has 0 radical (unpaired) electrons. The molecule has 2 aliphatic rings. The van der Waals surface area contributed by atoms with Gasteiger partial charge in [0, 0.05) is 50.5 Å². The lowest BCUT2D eigenvalue weighted by Gasteiger charge is -2.45. The van der Waals surface area contributed by atoms with Crippen molar-refractivity contribution in [2.75, 3.05) is 13.1 Å². The number of piperidine rings is 1. The molecule has 1 atom stereocenters. The minimum atomic E-state index is -0.480. The van der Waals surface area contributed by atoms with Gasteiger partial charge >= 0.3 is 0 Å². The van der Waals surface area contributed by atoms with Crippen LogP contribution in [-0.2, 0) is 28.2 Å². The zero-order valence-electron chi connectivity index (χ0n) is 16.0. The quantitative estimate of drug-likeness (QED) is 0.888. The molecule has 4 rings (SSSR count). The third kappa shape index (κ3) is 3.75. The van der Waals surface area contributed by atoms with Crippen LogP contribution in [0.2, 0.25) is 0 Å². The van der Waals surface area contributed by atoms with E-state index in [1.807, 2.05) is 38.5 Å². The highest BCUT2D eigenvalue weighted by Crippen LogP contribution is 2.40. The minimum absolute atomic E-state index is 0.0403. The maximum Gasteiger partial charge on any atom is 0.251 e. The van der Waals surface area contributed by atoms with E-state index in [1.54, 1.807) is 6.20 Å². The highest BCUT2D eigenvalue weighted by molar-refractivity contribution is 5.81. The van der Waals surface area contributed by atoms with E-state index in [0.29, 0.717) is 6.54 Å². The molecule has 0 unspecified atom stereocenters. The van der Waals surface area contributed by atoms with Crippen LogP contribution in [0.25, 0.3) is 0 Å². The lowest BCUT2D eigenvalue weighted by Crippen LogP contribution is -2.54. The average molecular weight is 369 g/mol. The number of nitrogens with one attached hydrogen (secondary N) is 1. The summed E-state index contributed by atoms with van der Waals surface area (Å²) in [7, 11) is 0. The highest BCUT2D eigenvalue weighted by atomic mass is 16.5. The van der Waals surface area contributed by atoms with Crippen LogP contribution in [0.1, 0.15) is 38.1 Å². The molecule has 0 bridgehead atoms. The first kappa shape index (κ1) is 18.1. The zero-order valence-corrected chi connectivity index (χ0v) is 16.0. The number of aromatic nitrogens is 3. The van der Waals surface area contributed by atoms with Gasteiger partial charge in [-0.3, -0.25) is 14.7 Å². The van der Waals surface area contributed by atoms with Gasteiger partial charge in [-0.25, -0.2) is 4.98 Å². The first-order valence-electron chi connectivity index (χ1n) is 9.67. The average Bonchev–Trinajstić information content (AvgIpc) is 3.14. The second-order valence-electron chi connectivity index (χ2n) is 7.80. The Labute approximate surface area is 159 Å². The van der Waals surface area contributed by atoms with Gasteiger partial charge in [0.2, 0.25) is 0 Å². The Hall–Kier alpha value is -2.25. The zero-order chi connectivity index (χ0) is 18.9. The predicted octanol–water partition coefficient (Wildman–Crippen LogP) is 1.69. The van der Waals surface area contributed by atoms with Crippen molar-refractivity contribution in [3.8, 4) is 0 Å². The van der Waals surface area contributed by atoms with E-state index in [-0.39, 0.29) is 11.9 Å². The molecule has 1 fully saturated rings. The van der Waals surface area contributed by atoms with E-state index in [0.717, 1.165) is 38.3 Å². The second kappa shape index (κ2) is 7.40. The summed E-state index contributed by atoms with van der Waals surface area (Å²) in [6.45, 7) is 7.15. The maximum atomic E-state index is 12.6. The molecule has 2 aliphatic heterocycles. The van der Waals surface area contributed by atoms with Gasteiger partial charge in [0.15, 0.2) is 6.10 Å². The van der Waals surface area contributed by atoms with Crippen LogP contribution in [0.5, 0.6) is 0 Å². The Balaban J connectivity index is 1.48. The molecule has 7 nitrogen and oxygen atoms in total. The van der Waals surface area contributed by atoms with Crippen molar-refractivity contribution in [2.24, 2.45) is 0 Å². The maximum absolute atomic E-state index is 12.6. The third-order valence-corrected chi connectivity index (χ3v) is 5.37. The van der Waals surface area contributed by atoms with Gasteiger partial charge < -0.3 is 14.6 Å². The molecular formula is C20H27N5O2. The topological polar surface area (TPSA) is 72.3 Å². The first-order chi connectivity index (χ1) is 13.1. The normalized spacial score (nSPS) is 22.0. The SMILES string of the molecule is CC(C)NC(=O)[C@H]1Cn2ccnc2C2(CCN(Cc3cccnc3)CC2)O1. The molecule has 0 saturated carbocycles. The van der Waals surface area contributed by atoms with Crippen LogP contribution in [0.3, 0.4) is 0 Å². The first-order valence-corrected chi connectivity index (χ1v) is 9.67. The van der Waals surface area contributed by atoms with Crippen molar-refractivity contribution in [2.45, 2.75) is 57.5 Å². The van der Waals surface area contributed by atoms with Crippen molar-refractivity contribution < 1.29 is 9.53 Å². The van der Waals surface area contributed by atoms with E-state index >= 15 is 0 Å². The van der Waals surface area contributed by atoms with Gasteiger partial charge in [-0.1, -0.05) is 6.07 Å². The van der Waals surface area contributed by atoms with Crippen LogP contribution in [0.4, 0.5) is 0 Å². The smallest absolute Gasteiger partial charge is 0.251 e. The molecule has 0 aromatic carbocycles. The standard InChI is InChI=1S/C20H27N5O2/c1-15(2)23-18(26)17-14-25-11-8-22-19(25)20(27-17)5-9-24(10-6-20)13-16-4-3-7-21-12-16/h3-4,7-8,11-12,15,17H,5-6,9-10,13-14H2,1-2H3,(H,23,26)/t17-/m1/s1. The van der Waals surface area contributed by atoms with E-state index in [2.05, 4.69) is 30.8 Å². The fraction of sp³-hybridized carbons (Fsp3) is 0.550. The number of carbonyl (C=O) groups is 1. The summed E-state index contributed by atoms with van der Waals surface area (Å²) in [4.78, 5) is 23.8. The molecule has 2 aromatic rings. The number of pyridine rings is 1. The lowest BCUT2D eigenvalue weighted by atomic mass is 9.88. The van der Waals surface area contributed by atoms with Crippen LogP contribution >= 0.6 is 0 Å². The second-order valence-corrected chi connectivity index (χ2v) is 7.80. The molecule has 1 amide bonds. The van der Waals surface area contributed by atoms with Crippen LogP contribution in [-0.4, -0.2) is 50.6 Å². The van der Waals surface area contributed by atoms with Gasteiger partial charge in [-0.2, -0.15) is 0 Å². The van der Waals surface area contributed by atoms with Gasteiger partial charge in [-0.05, 0) is 38.3 Å². The number of hydrogen-bond donors (Lipinski definition) is 1. The Bertz CT molecular complexity index is 781. The highest BCUT2D eigenvalue weighted by Gasteiger charge is 2.47. The lowest BCUT2D eigenvalue weighted by molar-refractivity contribution is -0.174. The monoisotopic (exact) mass is 369 g/mol. The molecular weight excluding hydrogens is 342 g/mol.